The largest absolute Gasteiger partial charge is 0.366 e. The number of benzene rings is 1. The monoisotopic (exact) mass is 429 g/mol. The van der Waals surface area contributed by atoms with E-state index in [2.05, 4.69) is 10.4 Å². The molecule has 0 aromatic heterocycles. The summed E-state index contributed by atoms with van der Waals surface area (Å²) in [5.41, 5.74) is 4.03. The number of anilines is 1. The first kappa shape index (κ1) is 20.7. The Kier molecular flexibility index (Phi) is 5.60. The molecule has 1 aromatic carbocycles. The molecular weight excluding hydrogens is 397 g/mol. The molecule has 2 amide bonds. The molecule has 4 fully saturated rings. The summed E-state index contributed by atoms with van der Waals surface area (Å²) >= 11 is 0. The molecule has 1 aromatic rings. The minimum atomic E-state index is -0.212. The van der Waals surface area contributed by atoms with Crippen molar-refractivity contribution in [2.45, 2.75) is 50.7 Å². The lowest BCUT2D eigenvalue weighted by Crippen LogP contribution is -2.68. The zero-order chi connectivity index (χ0) is 21.5. The molecule has 0 radical (unpaired) electrons. The summed E-state index contributed by atoms with van der Waals surface area (Å²) in [6.45, 7) is 6.11. The first-order chi connectivity index (χ1) is 15.1. The lowest BCUT2D eigenvalue weighted by Gasteiger charge is -2.52. The third kappa shape index (κ3) is 3.59. The van der Waals surface area contributed by atoms with Crippen molar-refractivity contribution in [2.24, 2.45) is 5.92 Å². The van der Waals surface area contributed by atoms with E-state index in [1.54, 1.807) is 12.1 Å². The number of likely N-dealkylation sites (N-methyl/N-ethyl adjacent to an activating group) is 1. The number of hydrogen-bond acceptors (Lipinski definition) is 5. The van der Waals surface area contributed by atoms with E-state index in [1.807, 2.05) is 27.7 Å². The van der Waals surface area contributed by atoms with Crippen LogP contribution in [0.25, 0.3) is 0 Å². The number of nitrogens with zero attached hydrogens (tertiary/aromatic N) is 4. The van der Waals surface area contributed by atoms with Gasteiger partial charge in [-0.2, -0.15) is 0 Å². The number of carbonyl (C=O) groups excluding carboxylic acids is 2. The van der Waals surface area contributed by atoms with Gasteiger partial charge in [-0.05, 0) is 44.7 Å². The second kappa shape index (κ2) is 8.39. The molecule has 3 saturated heterocycles. The van der Waals surface area contributed by atoms with Crippen LogP contribution in [0.4, 0.5) is 10.1 Å². The van der Waals surface area contributed by atoms with Gasteiger partial charge in [0.2, 0.25) is 11.8 Å². The summed E-state index contributed by atoms with van der Waals surface area (Å²) in [6.07, 6.45) is 3.41. The number of halogens is 1. The van der Waals surface area contributed by atoms with Gasteiger partial charge in [0.1, 0.15) is 11.9 Å². The standard InChI is InChI=1S/C23H32FN5O2/c1-2-28-21-15-16(7-8-19(21)29-20(23(28)31)9-10-25-29)22(30)27-13-11-26(12-14-27)18-6-4-3-5-17(18)24/h3-6,16,19-21,25H,2,7-15H2,1H3. The van der Waals surface area contributed by atoms with Crippen LogP contribution in [0.2, 0.25) is 0 Å². The van der Waals surface area contributed by atoms with Crippen molar-refractivity contribution in [1.29, 1.82) is 0 Å². The van der Waals surface area contributed by atoms with Gasteiger partial charge in [-0.3, -0.25) is 15.0 Å². The Morgan fingerprint density at radius 2 is 1.87 bits per heavy atom. The van der Waals surface area contributed by atoms with Crippen LogP contribution in [0.1, 0.15) is 32.6 Å². The van der Waals surface area contributed by atoms with Crippen molar-refractivity contribution in [2.75, 3.05) is 44.2 Å². The van der Waals surface area contributed by atoms with Crippen molar-refractivity contribution >= 4 is 17.5 Å². The van der Waals surface area contributed by atoms with Crippen molar-refractivity contribution in [3.05, 3.63) is 30.1 Å². The maximum absolute atomic E-state index is 14.1. The SMILES string of the molecule is CCN1C(=O)C2CCNN2C2CCC(C(=O)N3CCN(c4ccccc4F)CC3)CC21. The zero-order valence-electron chi connectivity index (χ0n) is 18.2. The maximum atomic E-state index is 14.1. The highest BCUT2D eigenvalue weighted by atomic mass is 19.1. The Hall–Kier alpha value is -2.19. The molecule has 3 heterocycles. The fourth-order valence-corrected chi connectivity index (χ4v) is 6.06. The zero-order valence-corrected chi connectivity index (χ0v) is 18.2. The van der Waals surface area contributed by atoms with Crippen LogP contribution in [-0.2, 0) is 9.59 Å². The lowest BCUT2D eigenvalue weighted by molar-refractivity contribution is -0.157. The van der Waals surface area contributed by atoms with Crippen LogP contribution in [0.5, 0.6) is 0 Å². The summed E-state index contributed by atoms with van der Waals surface area (Å²) in [5, 5.41) is 2.19. The molecule has 1 N–H and O–H groups in total. The summed E-state index contributed by atoms with van der Waals surface area (Å²) in [7, 11) is 0. The molecule has 0 spiro atoms. The number of rotatable bonds is 3. The fourth-order valence-electron chi connectivity index (χ4n) is 6.06. The molecule has 4 aliphatic rings. The molecule has 8 heteroatoms. The van der Waals surface area contributed by atoms with E-state index >= 15 is 0 Å². The second-order valence-corrected chi connectivity index (χ2v) is 9.15. The molecule has 1 aliphatic carbocycles. The highest BCUT2D eigenvalue weighted by Gasteiger charge is 2.51. The van der Waals surface area contributed by atoms with Crippen molar-refractivity contribution < 1.29 is 14.0 Å². The van der Waals surface area contributed by atoms with Gasteiger partial charge in [-0.1, -0.05) is 12.1 Å². The van der Waals surface area contributed by atoms with Crippen LogP contribution in [0.3, 0.4) is 0 Å². The predicted octanol–water partition coefficient (Wildman–Crippen LogP) is 1.45. The quantitative estimate of drug-likeness (QED) is 0.788. The lowest BCUT2D eigenvalue weighted by atomic mass is 9.78. The molecule has 4 atom stereocenters. The Balaban J connectivity index is 1.23. The molecule has 168 valence electrons. The van der Waals surface area contributed by atoms with E-state index < -0.39 is 0 Å². The van der Waals surface area contributed by atoms with Gasteiger partial charge in [0.25, 0.3) is 0 Å². The number of para-hydroxylation sites is 1. The molecule has 3 aliphatic heterocycles. The third-order valence-corrected chi connectivity index (χ3v) is 7.63. The van der Waals surface area contributed by atoms with Gasteiger partial charge < -0.3 is 14.7 Å². The number of hydrogen-bond donors (Lipinski definition) is 1. The minimum Gasteiger partial charge on any atom is -0.366 e. The highest BCUT2D eigenvalue weighted by Crippen LogP contribution is 2.38. The third-order valence-electron chi connectivity index (χ3n) is 7.63. The predicted molar refractivity (Wildman–Crippen MR) is 116 cm³/mol. The van der Waals surface area contributed by atoms with E-state index in [9.17, 15) is 14.0 Å². The summed E-state index contributed by atoms with van der Waals surface area (Å²) in [4.78, 5) is 32.3. The molecule has 7 nitrogen and oxygen atoms in total. The van der Waals surface area contributed by atoms with Crippen LogP contribution < -0.4 is 10.3 Å². The molecule has 4 unspecified atom stereocenters. The van der Waals surface area contributed by atoms with Gasteiger partial charge in [-0.25, -0.2) is 9.40 Å². The van der Waals surface area contributed by atoms with Crippen molar-refractivity contribution in [1.82, 2.24) is 20.2 Å². The highest BCUT2D eigenvalue weighted by molar-refractivity contribution is 5.84. The Morgan fingerprint density at radius 3 is 2.61 bits per heavy atom. The number of hydrazine groups is 1. The minimum absolute atomic E-state index is 0.0396. The van der Waals surface area contributed by atoms with E-state index in [4.69, 9.17) is 0 Å². The second-order valence-electron chi connectivity index (χ2n) is 9.15. The van der Waals surface area contributed by atoms with Gasteiger partial charge >= 0.3 is 0 Å². The van der Waals surface area contributed by atoms with Gasteiger partial charge in [0.05, 0.1) is 5.69 Å². The summed E-state index contributed by atoms with van der Waals surface area (Å²) < 4.78 is 14.1. The number of fused-ring (bicyclic) bond motifs is 3. The Morgan fingerprint density at radius 1 is 1.10 bits per heavy atom. The van der Waals surface area contributed by atoms with Gasteiger partial charge in [0.15, 0.2) is 0 Å². The Bertz CT molecular complexity index is 843. The summed E-state index contributed by atoms with van der Waals surface area (Å²) in [6, 6.07) is 7.18. The number of nitrogens with one attached hydrogen (secondary N) is 1. The normalized spacial score (nSPS) is 31.5. The first-order valence-electron chi connectivity index (χ1n) is 11.7. The number of carbonyl (C=O) groups is 2. The van der Waals surface area contributed by atoms with E-state index in [1.165, 1.54) is 6.07 Å². The first-order valence-corrected chi connectivity index (χ1v) is 11.7. The topological polar surface area (TPSA) is 59.1 Å². The molecule has 0 bridgehead atoms. The van der Waals surface area contributed by atoms with Crippen molar-refractivity contribution in [3.63, 3.8) is 0 Å². The van der Waals surface area contributed by atoms with E-state index in [0.29, 0.717) is 44.5 Å². The molecule has 5 rings (SSSR count). The van der Waals surface area contributed by atoms with Crippen LogP contribution in [0.15, 0.2) is 24.3 Å². The average Bonchev–Trinajstić information content (AvgIpc) is 3.30. The fraction of sp³-hybridized carbons (Fsp3) is 0.652. The van der Waals surface area contributed by atoms with Crippen LogP contribution in [0, 0.1) is 11.7 Å². The van der Waals surface area contributed by atoms with E-state index in [0.717, 1.165) is 32.2 Å². The number of amides is 2. The maximum Gasteiger partial charge on any atom is 0.241 e. The van der Waals surface area contributed by atoms with Crippen molar-refractivity contribution in [3.8, 4) is 0 Å². The Labute approximate surface area is 183 Å². The van der Waals surface area contributed by atoms with E-state index in [-0.39, 0.29) is 35.6 Å². The molecular formula is C23H32FN5O2. The molecule has 31 heavy (non-hydrogen) atoms. The van der Waals surface area contributed by atoms with Crippen LogP contribution in [-0.4, -0.2) is 84.0 Å². The van der Waals surface area contributed by atoms with Crippen LogP contribution >= 0.6 is 0 Å². The smallest absolute Gasteiger partial charge is 0.241 e. The van der Waals surface area contributed by atoms with Gasteiger partial charge in [0, 0.05) is 57.3 Å². The summed E-state index contributed by atoms with van der Waals surface area (Å²) in [5.74, 6) is 0.158. The average molecular weight is 430 g/mol. The van der Waals surface area contributed by atoms with Gasteiger partial charge in [-0.15, -0.1) is 0 Å². The number of piperazine rings is 2. The molecule has 1 saturated carbocycles.